The van der Waals surface area contributed by atoms with Crippen LogP contribution in [0.3, 0.4) is 0 Å². The molecule has 300 valence electrons. The third-order valence-corrected chi connectivity index (χ3v) is 9.65. The van der Waals surface area contributed by atoms with Crippen molar-refractivity contribution in [2.45, 2.75) is 84.6 Å². The Bertz CT molecular complexity index is 2240. The minimum atomic E-state index is -1.23. The molecule has 0 radical (unpaired) electrons. The summed E-state index contributed by atoms with van der Waals surface area (Å²) in [6.45, 7) is 14.2. The highest BCUT2D eigenvalue weighted by molar-refractivity contribution is 6.30. The number of anilines is 2. The van der Waals surface area contributed by atoms with Crippen LogP contribution in [0.25, 0.3) is 5.69 Å². The normalized spacial score (nSPS) is 16.8. The molecule has 4 aromatic rings. The molecule has 3 heterocycles. The third-order valence-electron chi connectivity index (χ3n) is 9.36. The van der Waals surface area contributed by atoms with Crippen LogP contribution < -0.4 is 10.2 Å². The average Bonchev–Trinajstić information content (AvgIpc) is 3.61. The zero-order valence-electron chi connectivity index (χ0n) is 33.1. The van der Waals surface area contributed by atoms with Gasteiger partial charge in [0, 0.05) is 24.5 Å². The van der Waals surface area contributed by atoms with Gasteiger partial charge in [-0.2, -0.15) is 0 Å². The topological polar surface area (TPSA) is 156 Å². The lowest BCUT2D eigenvalue weighted by molar-refractivity contribution is -0.124. The number of benzene rings is 3. The van der Waals surface area contributed by atoms with Crippen molar-refractivity contribution in [2.24, 2.45) is 0 Å². The Kier molecular flexibility index (Phi) is 10.9. The highest BCUT2D eigenvalue weighted by atomic mass is 35.5. The number of nitrogens with zero attached hydrogens (tertiary/aromatic N) is 6. The molecule has 1 fully saturated rings. The van der Waals surface area contributed by atoms with Crippen LogP contribution in [0.5, 0.6) is 0 Å². The molecular weight excluding hydrogens is 757 g/mol. The van der Waals surface area contributed by atoms with E-state index in [-0.39, 0.29) is 53.9 Å². The molecule has 1 saturated heterocycles. The fraction of sp³-hybridized carbons (Fsp3) is 0.390. The van der Waals surface area contributed by atoms with Crippen LogP contribution >= 0.6 is 11.6 Å². The fourth-order valence-corrected chi connectivity index (χ4v) is 6.95. The zero-order chi connectivity index (χ0) is 41.6. The fourth-order valence-electron chi connectivity index (χ4n) is 6.78. The van der Waals surface area contributed by atoms with Crippen LogP contribution in [0.2, 0.25) is 5.02 Å². The van der Waals surface area contributed by atoms with Crippen molar-refractivity contribution < 1.29 is 37.8 Å². The number of aromatic nitrogens is 3. The largest absolute Gasteiger partial charge is 0.456 e. The summed E-state index contributed by atoms with van der Waals surface area (Å²) in [4.78, 5) is 72.7. The molecule has 2 aliphatic rings. The van der Waals surface area contributed by atoms with Gasteiger partial charge in [-0.1, -0.05) is 35.0 Å². The number of hydrogen-bond acceptors (Lipinski definition) is 9. The van der Waals surface area contributed by atoms with Gasteiger partial charge >= 0.3 is 12.1 Å². The Morgan fingerprint density at radius 2 is 1.56 bits per heavy atom. The van der Waals surface area contributed by atoms with E-state index in [1.54, 1.807) is 76.8 Å². The first-order chi connectivity index (χ1) is 26.6. The smallest absolute Gasteiger partial charge is 0.411 e. The van der Waals surface area contributed by atoms with E-state index in [4.69, 9.17) is 21.1 Å². The van der Waals surface area contributed by atoms with Crippen LogP contribution in [0.4, 0.5) is 20.6 Å². The van der Waals surface area contributed by atoms with Crippen molar-refractivity contribution in [3.63, 3.8) is 0 Å². The molecule has 14 nitrogen and oxygen atoms in total. The second-order valence-electron chi connectivity index (χ2n) is 16.5. The summed E-state index contributed by atoms with van der Waals surface area (Å²) in [5.74, 6) is -2.85. The number of rotatable bonds is 6. The summed E-state index contributed by atoms with van der Waals surface area (Å²) in [6.07, 6.45) is 0.914. The van der Waals surface area contributed by atoms with Gasteiger partial charge in [0.2, 0.25) is 5.91 Å². The Morgan fingerprint density at radius 3 is 2.23 bits per heavy atom. The standard InChI is InChI=1S/C41H45ClFN7O7/c1-39(2,3)56-37(54)24-15-17-25(18-16-24)44-35(52)34-27-11-9-13-30(48-23-41(7,8)49(22-32(48)51)38(55)57-40(4,5)6)26(27)19-20-47(34)36(53)29-21-50(46-45-29)31-14-10-12-28(42)33(31)43/h9-18,21,34H,19-20,22-23H2,1-8H3,(H,44,52). The number of nitrogens with one attached hydrogen (secondary N) is 1. The maximum atomic E-state index is 14.9. The molecule has 0 bridgehead atoms. The first-order valence-electron chi connectivity index (χ1n) is 18.4. The van der Waals surface area contributed by atoms with Crippen LogP contribution in [0.1, 0.15) is 93.4 Å². The molecular formula is C41H45ClFN7O7. The maximum Gasteiger partial charge on any atom is 0.411 e. The SMILES string of the molecule is CC(C)(C)OC(=O)c1ccc(NC(=O)C2c3cccc(N4CC(C)(C)N(C(=O)OC(C)(C)C)CC4=O)c3CCN2C(=O)c2cn(-c3cccc(Cl)c3F)nn2)cc1. The predicted molar refractivity (Wildman–Crippen MR) is 210 cm³/mol. The first kappa shape index (κ1) is 40.8. The molecule has 6 rings (SSSR count). The number of ether oxygens (including phenoxy) is 2. The lowest BCUT2D eigenvalue weighted by Gasteiger charge is -2.47. The van der Waals surface area contributed by atoms with Gasteiger partial charge in [0.05, 0.1) is 22.3 Å². The van der Waals surface area contributed by atoms with Crippen molar-refractivity contribution in [2.75, 3.05) is 29.9 Å². The van der Waals surface area contributed by atoms with E-state index in [0.717, 1.165) is 4.68 Å². The van der Waals surface area contributed by atoms with Gasteiger partial charge < -0.3 is 24.6 Å². The van der Waals surface area contributed by atoms with E-state index in [2.05, 4.69) is 15.6 Å². The van der Waals surface area contributed by atoms with Crippen LogP contribution in [-0.2, 0) is 25.5 Å². The van der Waals surface area contributed by atoms with E-state index in [1.165, 1.54) is 46.3 Å². The van der Waals surface area contributed by atoms with Gasteiger partial charge in [0.1, 0.15) is 29.5 Å². The van der Waals surface area contributed by atoms with Crippen molar-refractivity contribution in [1.82, 2.24) is 24.8 Å². The predicted octanol–water partition coefficient (Wildman–Crippen LogP) is 6.76. The summed E-state index contributed by atoms with van der Waals surface area (Å²) in [5, 5.41) is 10.7. The Hall–Kier alpha value is -5.83. The molecule has 1 unspecified atom stereocenters. The molecule has 0 spiro atoms. The Labute approximate surface area is 334 Å². The molecule has 1 N–H and O–H groups in total. The number of piperazine rings is 1. The second kappa shape index (κ2) is 15.3. The molecule has 3 aromatic carbocycles. The lowest BCUT2D eigenvalue weighted by atomic mass is 9.88. The van der Waals surface area contributed by atoms with Gasteiger partial charge in [-0.05, 0) is 115 Å². The van der Waals surface area contributed by atoms with Gasteiger partial charge in [-0.25, -0.2) is 18.7 Å². The highest BCUT2D eigenvalue weighted by Crippen LogP contribution is 2.39. The van der Waals surface area contributed by atoms with Crippen LogP contribution in [-0.4, -0.2) is 91.0 Å². The highest BCUT2D eigenvalue weighted by Gasteiger charge is 2.45. The van der Waals surface area contributed by atoms with Gasteiger partial charge in [-0.15, -0.1) is 5.10 Å². The molecule has 4 amide bonds. The lowest BCUT2D eigenvalue weighted by Crippen LogP contribution is -2.64. The zero-order valence-corrected chi connectivity index (χ0v) is 33.8. The summed E-state index contributed by atoms with van der Waals surface area (Å²) in [6, 6.07) is 14.5. The van der Waals surface area contributed by atoms with E-state index in [9.17, 15) is 28.4 Å². The molecule has 1 atom stereocenters. The second-order valence-corrected chi connectivity index (χ2v) is 17.0. The van der Waals surface area contributed by atoms with E-state index >= 15 is 0 Å². The van der Waals surface area contributed by atoms with Crippen LogP contribution in [0.15, 0.2) is 66.9 Å². The van der Waals surface area contributed by atoms with Crippen LogP contribution in [0, 0.1) is 5.82 Å². The van der Waals surface area contributed by atoms with Gasteiger partial charge in [0.25, 0.3) is 11.8 Å². The van der Waals surface area contributed by atoms with Crippen molar-refractivity contribution >= 4 is 52.8 Å². The minimum Gasteiger partial charge on any atom is -0.456 e. The molecule has 2 aliphatic heterocycles. The summed E-state index contributed by atoms with van der Waals surface area (Å²) in [5.41, 5.74) is -0.154. The molecule has 16 heteroatoms. The first-order valence-corrected chi connectivity index (χ1v) is 18.8. The Morgan fingerprint density at radius 1 is 0.912 bits per heavy atom. The van der Waals surface area contributed by atoms with E-state index in [0.29, 0.717) is 22.5 Å². The van der Waals surface area contributed by atoms with Crippen molar-refractivity contribution in [3.8, 4) is 5.69 Å². The number of amides is 4. The summed E-state index contributed by atoms with van der Waals surface area (Å²) >= 11 is 5.98. The maximum absolute atomic E-state index is 14.9. The monoisotopic (exact) mass is 801 g/mol. The minimum absolute atomic E-state index is 0.0221. The number of fused-ring (bicyclic) bond motifs is 1. The molecule has 57 heavy (non-hydrogen) atoms. The van der Waals surface area contributed by atoms with Gasteiger partial charge in [0.15, 0.2) is 11.5 Å². The Balaban J connectivity index is 1.34. The number of hydrogen-bond donors (Lipinski definition) is 1. The van der Waals surface area contributed by atoms with Crippen molar-refractivity contribution in [3.05, 3.63) is 100 Å². The summed E-state index contributed by atoms with van der Waals surface area (Å²) in [7, 11) is 0. The average molecular weight is 802 g/mol. The third kappa shape index (κ3) is 8.78. The molecule has 1 aromatic heterocycles. The molecule has 0 aliphatic carbocycles. The number of carbonyl (C=O) groups excluding carboxylic acids is 5. The molecule has 0 saturated carbocycles. The van der Waals surface area contributed by atoms with E-state index in [1.807, 2.05) is 13.8 Å². The quantitative estimate of drug-likeness (QED) is 0.208. The summed E-state index contributed by atoms with van der Waals surface area (Å²) < 4.78 is 27.0. The number of halogens is 2. The van der Waals surface area contributed by atoms with Crippen molar-refractivity contribution in [1.29, 1.82) is 0 Å². The van der Waals surface area contributed by atoms with E-state index < -0.39 is 52.5 Å². The number of esters is 1. The number of carbonyl (C=O) groups is 5. The van der Waals surface area contributed by atoms with Gasteiger partial charge in [-0.3, -0.25) is 19.3 Å².